The zero-order valence-electron chi connectivity index (χ0n) is 12.2. The second-order valence-electron chi connectivity index (χ2n) is 4.63. The lowest BCUT2D eigenvalue weighted by atomic mass is 10.2. The lowest BCUT2D eigenvalue weighted by Gasteiger charge is -2.10. The molecule has 0 aliphatic heterocycles. The molecule has 0 saturated heterocycles. The van der Waals surface area contributed by atoms with E-state index in [9.17, 15) is 13.2 Å². The SMILES string of the molecule is COC(=O)CC(C)OS(=O)(=O)c1ccc(-c2ccccc2)s1. The summed E-state index contributed by atoms with van der Waals surface area (Å²) in [5, 5.41) is 0. The second-order valence-corrected chi connectivity index (χ2v) is 7.51. The molecule has 5 nitrogen and oxygen atoms in total. The number of esters is 1. The molecule has 1 unspecified atom stereocenters. The topological polar surface area (TPSA) is 69.7 Å². The maximum Gasteiger partial charge on any atom is 0.308 e. The summed E-state index contributed by atoms with van der Waals surface area (Å²) in [6.07, 6.45) is -0.896. The van der Waals surface area contributed by atoms with Crippen molar-refractivity contribution in [1.29, 1.82) is 0 Å². The van der Waals surface area contributed by atoms with Gasteiger partial charge in [-0.25, -0.2) is 0 Å². The molecule has 0 aliphatic rings. The maximum absolute atomic E-state index is 12.2. The van der Waals surface area contributed by atoms with Gasteiger partial charge < -0.3 is 4.74 Å². The molecular weight excluding hydrogens is 324 g/mol. The third-order valence-corrected chi connectivity index (χ3v) is 5.86. The molecule has 2 rings (SSSR count). The number of benzene rings is 1. The van der Waals surface area contributed by atoms with E-state index in [1.54, 1.807) is 6.07 Å². The van der Waals surface area contributed by atoms with Crippen molar-refractivity contribution in [2.24, 2.45) is 0 Å². The largest absolute Gasteiger partial charge is 0.469 e. The molecule has 1 atom stereocenters. The highest BCUT2D eigenvalue weighted by Crippen LogP contribution is 2.31. The van der Waals surface area contributed by atoms with Crippen LogP contribution in [0.5, 0.6) is 0 Å². The van der Waals surface area contributed by atoms with Crippen LogP contribution in [0.4, 0.5) is 0 Å². The first-order valence-electron chi connectivity index (χ1n) is 6.58. The lowest BCUT2D eigenvalue weighted by Crippen LogP contribution is -2.19. The number of methoxy groups -OCH3 is 1. The molecule has 1 aromatic carbocycles. The van der Waals surface area contributed by atoms with E-state index in [2.05, 4.69) is 4.74 Å². The van der Waals surface area contributed by atoms with Crippen LogP contribution >= 0.6 is 11.3 Å². The minimum absolute atomic E-state index is 0.114. The molecule has 0 bridgehead atoms. The molecular formula is C15H16O5S2. The zero-order chi connectivity index (χ0) is 16.2. The van der Waals surface area contributed by atoms with Gasteiger partial charge in [0.2, 0.25) is 0 Å². The Bertz CT molecular complexity index is 734. The average Bonchev–Trinajstić information content (AvgIpc) is 2.98. The number of hydrogen-bond acceptors (Lipinski definition) is 6. The highest BCUT2D eigenvalue weighted by Gasteiger charge is 2.23. The summed E-state index contributed by atoms with van der Waals surface area (Å²) < 4.78 is 34.0. The fraction of sp³-hybridized carbons (Fsp3) is 0.267. The number of carbonyl (C=O) groups is 1. The van der Waals surface area contributed by atoms with Gasteiger partial charge >= 0.3 is 16.1 Å². The quantitative estimate of drug-likeness (QED) is 0.597. The van der Waals surface area contributed by atoms with Gasteiger partial charge in [-0.2, -0.15) is 8.42 Å². The predicted octanol–water partition coefficient (Wildman–Crippen LogP) is 3.07. The summed E-state index contributed by atoms with van der Waals surface area (Å²) in [5.74, 6) is -0.515. The number of ether oxygens (including phenoxy) is 1. The van der Waals surface area contributed by atoms with E-state index in [4.69, 9.17) is 4.18 Å². The van der Waals surface area contributed by atoms with Crippen LogP contribution in [0.2, 0.25) is 0 Å². The number of thiophene rings is 1. The van der Waals surface area contributed by atoms with Gasteiger partial charge in [0, 0.05) is 4.88 Å². The first-order chi connectivity index (χ1) is 10.4. The Labute approximate surface area is 133 Å². The monoisotopic (exact) mass is 340 g/mol. The van der Waals surface area contributed by atoms with Crippen molar-refractivity contribution in [3.05, 3.63) is 42.5 Å². The van der Waals surface area contributed by atoms with Gasteiger partial charge in [-0.3, -0.25) is 8.98 Å². The maximum atomic E-state index is 12.2. The summed E-state index contributed by atoms with van der Waals surface area (Å²) in [6.45, 7) is 1.51. The summed E-state index contributed by atoms with van der Waals surface area (Å²) in [4.78, 5) is 12.0. The van der Waals surface area contributed by atoms with Crippen LogP contribution in [-0.2, 0) is 23.8 Å². The fourth-order valence-electron chi connectivity index (χ4n) is 1.83. The Morgan fingerprint density at radius 2 is 1.86 bits per heavy atom. The van der Waals surface area contributed by atoms with E-state index in [1.807, 2.05) is 30.3 Å². The second kappa shape index (κ2) is 7.04. The van der Waals surface area contributed by atoms with Crippen molar-refractivity contribution in [3.63, 3.8) is 0 Å². The van der Waals surface area contributed by atoms with Crippen molar-refractivity contribution in [1.82, 2.24) is 0 Å². The summed E-state index contributed by atoms with van der Waals surface area (Å²) in [6, 6.07) is 12.7. The standard InChI is InChI=1S/C15H16O5S2/c1-11(10-14(16)19-2)20-22(17,18)15-9-8-13(21-15)12-6-4-3-5-7-12/h3-9,11H,10H2,1-2H3. The molecule has 0 spiro atoms. The minimum atomic E-state index is -3.89. The zero-order valence-corrected chi connectivity index (χ0v) is 13.8. The van der Waals surface area contributed by atoms with Gasteiger partial charge in [0.15, 0.2) is 0 Å². The Morgan fingerprint density at radius 1 is 1.18 bits per heavy atom. The first kappa shape index (κ1) is 16.7. The predicted molar refractivity (Wildman–Crippen MR) is 84.1 cm³/mol. The van der Waals surface area contributed by atoms with Crippen molar-refractivity contribution in [3.8, 4) is 10.4 Å². The van der Waals surface area contributed by atoms with Crippen molar-refractivity contribution < 1.29 is 22.1 Å². The Morgan fingerprint density at radius 3 is 2.50 bits per heavy atom. The normalized spacial score (nSPS) is 12.8. The van der Waals surface area contributed by atoms with Crippen LogP contribution in [0, 0.1) is 0 Å². The van der Waals surface area contributed by atoms with Crippen LogP contribution < -0.4 is 0 Å². The molecule has 1 aromatic heterocycles. The number of carbonyl (C=O) groups excluding carboxylic acids is 1. The Balaban J connectivity index is 2.14. The van der Waals surface area contributed by atoms with Gasteiger partial charge in [-0.1, -0.05) is 30.3 Å². The molecule has 0 amide bonds. The van der Waals surface area contributed by atoms with E-state index in [-0.39, 0.29) is 10.6 Å². The first-order valence-corrected chi connectivity index (χ1v) is 8.80. The van der Waals surface area contributed by atoms with Crippen LogP contribution in [-0.4, -0.2) is 27.6 Å². The Kier molecular flexibility index (Phi) is 5.33. The van der Waals surface area contributed by atoms with Gasteiger partial charge in [0.1, 0.15) is 4.21 Å². The molecule has 0 saturated carbocycles. The van der Waals surface area contributed by atoms with Gasteiger partial charge in [-0.15, -0.1) is 11.3 Å². The highest BCUT2D eigenvalue weighted by molar-refractivity contribution is 7.89. The van der Waals surface area contributed by atoms with Crippen LogP contribution in [0.1, 0.15) is 13.3 Å². The van der Waals surface area contributed by atoms with E-state index in [0.717, 1.165) is 21.8 Å². The minimum Gasteiger partial charge on any atom is -0.469 e. The summed E-state index contributed by atoms with van der Waals surface area (Å²) >= 11 is 1.13. The smallest absolute Gasteiger partial charge is 0.308 e. The van der Waals surface area contributed by atoms with Crippen molar-refractivity contribution in [2.75, 3.05) is 7.11 Å². The molecule has 1 heterocycles. The molecule has 22 heavy (non-hydrogen) atoms. The third kappa shape index (κ3) is 4.16. The summed E-state index contributed by atoms with van der Waals surface area (Å²) in [7, 11) is -2.64. The van der Waals surface area contributed by atoms with E-state index >= 15 is 0 Å². The molecule has 0 fully saturated rings. The molecule has 0 radical (unpaired) electrons. The molecule has 2 aromatic rings. The van der Waals surface area contributed by atoms with E-state index < -0.39 is 22.2 Å². The Hall–Kier alpha value is -1.70. The highest BCUT2D eigenvalue weighted by atomic mass is 32.3. The molecule has 118 valence electrons. The van der Waals surface area contributed by atoms with Crippen molar-refractivity contribution >= 4 is 27.4 Å². The number of hydrogen-bond donors (Lipinski definition) is 0. The van der Waals surface area contributed by atoms with Gasteiger partial charge in [0.25, 0.3) is 0 Å². The van der Waals surface area contributed by atoms with Crippen LogP contribution in [0.25, 0.3) is 10.4 Å². The third-order valence-electron chi connectivity index (χ3n) is 2.86. The molecule has 0 aliphatic carbocycles. The summed E-state index contributed by atoms with van der Waals surface area (Å²) in [5.41, 5.74) is 0.941. The number of rotatable bonds is 6. The van der Waals surface area contributed by atoms with E-state index in [0.29, 0.717) is 0 Å². The fourth-order valence-corrected chi connectivity index (χ4v) is 4.20. The van der Waals surface area contributed by atoms with Crippen LogP contribution in [0.15, 0.2) is 46.7 Å². The lowest BCUT2D eigenvalue weighted by molar-refractivity contribution is -0.142. The van der Waals surface area contributed by atoms with Gasteiger partial charge in [-0.05, 0) is 24.6 Å². The van der Waals surface area contributed by atoms with Gasteiger partial charge in [0.05, 0.1) is 19.6 Å². The van der Waals surface area contributed by atoms with E-state index in [1.165, 1.54) is 20.1 Å². The van der Waals surface area contributed by atoms with Crippen molar-refractivity contribution in [2.45, 2.75) is 23.7 Å². The molecule has 7 heteroatoms. The van der Waals surface area contributed by atoms with Crippen LogP contribution in [0.3, 0.4) is 0 Å². The molecule has 0 N–H and O–H groups in total. The average molecular weight is 340 g/mol.